The molecule has 27 heavy (non-hydrogen) atoms. The highest BCUT2D eigenvalue weighted by molar-refractivity contribution is 5.77. The number of halogens is 1. The van der Waals surface area contributed by atoms with Gasteiger partial charge in [0.1, 0.15) is 24.2 Å². The van der Waals surface area contributed by atoms with E-state index in [4.69, 9.17) is 15.2 Å². The number of carbonyl (C=O) groups excluding carboxylic acids is 1. The summed E-state index contributed by atoms with van der Waals surface area (Å²) in [7, 11) is 1.46. The molecule has 0 saturated carbocycles. The summed E-state index contributed by atoms with van der Waals surface area (Å²) in [5, 5.41) is 30.2. The second-order valence-electron chi connectivity index (χ2n) is 6.42. The highest BCUT2D eigenvalue weighted by Crippen LogP contribution is 2.38. The Kier molecular flexibility index (Phi) is 5.47. The number of nitrogens with two attached hydrogens (primary N) is 1. The summed E-state index contributed by atoms with van der Waals surface area (Å²) in [4.78, 5) is 14.9. The van der Waals surface area contributed by atoms with Crippen molar-refractivity contribution in [2.24, 2.45) is 5.73 Å². The first kappa shape index (κ1) is 19.7. The molecular weight excluding hydrogens is 361 g/mol. The Balaban J connectivity index is 1.93. The molecule has 2 amide bonds. The smallest absolute Gasteiger partial charge is 0.329 e. The number of benzene rings is 1. The van der Waals surface area contributed by atoms with Crippen molar-refractivity contribution in [2.75, 3.05) is 13.7 Å². The molecule has 3 rings (SSSR count). The Morgan fingerprint density at radius 1 is 1.33 bits per heavy atom. The molecule has 2 aliphatic rings. The zero-order valence-corrected chi connectivity index (χ0v) is 14.6. The molecule has 9 nitrogen and oxygen atoms in total. The van der Waals surface area contributed by atoms with Crippen LogP contribution in [0.5, 0.6) is 0 Å². The lowest BCUT2D eigenvalue weighted by Gasteiger charge is -2.44. The van der Waals surface area contributed by atoms with E-state index in [-0.39, 0.29) is 6.61 Å². The number of carbonyl (C=O) groups is 1. The summed E-state index contributed by atoms with van der Waals surface area (Å²) < 4.78 is 24.4. The van der Waals surface area contributed by atoms with Crippen LogP contribution in [0.25, 0.3) is 0 Å². The van der Waals surface area contributed by atoms with E-state index in [1.807, 2.05) is 0 Å². The maximum absolute atomic E-state index is 13.1. The summed E-state index contributed by atoms with van der Waals surface area (Å²) in [5.41, 5.74) is 6.34. The number of urea groups is 1. The predicted octanol–water partition coefficient (Wildman–Crippen LogP) is -0.725. The first-order chi connectivity index (χ1) is 12.8. The lowest BCUT2D eigenvalue weighted by Crippen LogP contribution is -2.64. The minimum Gasteiger partial charge on any atom is -0.394 e. The zero-order chi connectivity index (χ0) is 19.8. The molecule has 1 fully saturated rings. The SMILES string of the molecule is CN1C(=O)N([C@]2(OCc3ccc(F)cc3)O[C@H](CO)[C@@H](O)[C@H]2O)C=CC1N. The van der Waals surface area contributed by atoms with Crippen molar-refractivity contribution in [2.45, 2.75) is 37.0 Å². The average molecular weight is 383 g/mol. The molecule has 2 heterocycles. The van der Waals surface area contributed by atoms with Crippen molar-refractivity contribution in [3.05, 3.63) is 47.9 Å². The molecule has 1 unspecified atom stereocenters. The maximum Gasteiger partial charge on any atom is 0.329 e. The molecule has 0 aliphatic carbocycles. The molecule has 0 bridgehead atoms. The fraction of sp³-hybridized carbons (Fsp3) is 0.471. The van der Waals surface area contributed by atoms with Crippen LogP contribution in [0.3, 0.4) is 0 Å². The molecule has 0 aromatic heterocycles. The average Bonchev–Trinajstić information content (AvgIpc) is 2.91. The first-order valence-electron chi connectivity index (χ1n) is 8.33. The number of hydrogen-bond acceptors (Lipinski definition) is 7. The van der Waals surface area contributed by atoms with Crippen molar-refractivity contribution >= 4 is 6.03 Å². The molecule has 0 radical (unpaired) electrons. The Morgan fingerprint density at radius 2 is 2.00 bits per heavy atom. The van der Waals surface area contributed by atoms with Gasteiger partial charge in [-0.25, -0.2) is 14.1 Å². The lowest BCUT2D eigenvalue weighted by molar-refractivity contribution is -0.319. The minimum atomic E-state index is -2.09. The van der Waals surface area contributed by atoms with Gasteiger partial charge in [0.25, 0.3) is 5.91 Å². The molecular formula is C17H22FN3O6. The van der Waals surface area contributed by atoms with Crippen LogP contribution in [-0.4, -0.2) is 75.2 Å². The van der Waals surface area contributed by atoms with Crippen molar-refractivity contribution in [1.29, 1.82) is 0 Å². The molecule has 0 spiro atoms. The van der Waals surface area contributed by atoms with Gasteiger partial charge in [-0.15, -0.1) is 0 Å². The topological polar surface area (TPSA) is 129 Å². The first-order valence-corrected chi connectivity index (χ1v) is 8.33. The number of rotatable bonds is 5. The van der Waals surface area contributed by atoms with Gasteiger partial charge in [0, 0.05) is 13.2 Å². The summed E-state index contributed by atoms with van der Waals surface area (Å²) in [6, 6.07) is 4.79. The Hall–Kier alpha value is -2.08. The number of nitrogens with zero attached hydrogens (tertiary/aromatic N) is 2. The number of hydrogen-bond donors (Lipinski definition) is 4. The van der Waals surface area contributed by atoms with Gasteiger partial charge in [-0.05, 0) is 23.8 Å². The van der Waals surface area contributed by atoms with Crippen LogP contribution in [0.15, 0.2) is 36.5 Å². The second-order valence-corrected chi connectivity index (χ2v) is 6.42. The second kappa shape index (κ2) is 7.50. The van der Waals surface area contributed by atoms with Gasteiger partial charge in [-0.3, -0.25) is 0 Å². The third-order valence-electron chi connectivity index (χ3n) is 4.66. The predicted molar refractivity (Wildman–Crippen MR) is 90.0 cm³/mol. The third-order valence-corrected chi connectivity index (χ3v) is 4.66. The number of amides is 2. The van der Waals surface area contributed by atoms with E-state index in [2.05, 4.69) is 0 Å². The summed E-state index contributed by atoms with van der Waals surface area (Å²) in [5.74, 6) is -2.52. The highest BCUT2D eigenvalue weighted by Gasteiger charge is 2.61. The van der Waals surface area contributed by atoms with Crippen molar-refractivity contribution in [3.8, 4) is 0 Å². The van der Waals surface area contributed by atoms with E-state index in [9.17, 15) is 24.5 Å². The monoisotopic (exact) mass is 383 g/mol. The molecule has 5 N–H and O–H groups in total. The van der Waals surface area contributed by atoms with Gasteiger partial charge in [0.15, 0.2) is 6.10 Å². The van der Waals surface area contributed by atoms with Gasteiger partial charge < -0.3 is 35.4 Å². The van der Waals surface area contributed by atoms with Gasteiger partial charge in [-0.1, -0.05) is 12.1 Å². The Bertz CT molecular complexity index is 717. The largest absolute Gasteiger partial charge is 0.394 e. The standard InChI is InChI=1S/C17H22FN3O6/c1-20-13(19)6-7-21(16(20)25)17(15(24)14(23)12(8-22)27-17)26-9-10-2-4-11(18)5-3-10/h2-7,12-15,22-24H,8-9,19H2,1H3/t12-,13?,14-,15-,17-/m1/s1. The number of aliphatic hydroxyl groups is 3. The zero-order valence-electron chi connectivity index (χ0n) is 14.6. The van der Waals surface area contributed by atoms with E-state index in [1.165, 1.54) is 48.5 Å². The minimum absolute atomic E-state index is 0.157. The van der Waals surface area contributed by atoms with Crippen molar-refractivity contribution in [3.63, 3.8) is 0 Å². The van der Waals surface area contributed by atoms with E-state index in [0.29, 0.717) is 5.56 Å². The quantitative estimate of drug-likeness (QED) is 0.528. The molecule has 5 atom stereocenters. The summed E-state index contributed by atoms with van der Waals surface area (Å²) in [6.45, 7) is -0.753. The molecule has 2 aliphatic heterocycles. The fourth-order valence-corrected chi connectivity index (χ4v) is 2.98. The Morgan fingerprint density at radius 3 is 2.59 bits per heavy atom. The summed E-state index contributed by atoms with van der Waals surface area (Å²) >= 11 is 0. The van der Waals surface area contributed by atoms with Crippen molar-refractivity contribution in [1.82, 2.24) is 9.80 Å². The Labute approximate surface area is 155 Å². The van der Waals surface area contributed by atoms with E-state index in [0.717, 1.165) is 4.90 Å². The fourth-order valence-electron chi connectivity index (χ4n) is 2.98. The van der Waals surface area contributed by atoms with E-state index < -0.39 is 48.8 Å². The van der Waals surface area contributed by atoms with E-state index in [1.54, 1.807) is 0 Å². The van der Waals surface area contributed by atoms with E-state index >= 15 is 0 Å². The molecule has 10 heteroatoms. The van der Waals surface area contributed by atoms with Crippen LogP contribution in [0.4, 0.5) is 9.18 Å². The number of ether oxygens (including phenoxy) is 2. The molecule has 1 aromatic rings. The third kappa shape index (κ3) is 3.43. The van der Waals surface area contributed by atoms with Crippen LogP contribution < -0.4 is 5.73 Å². The van der Waals surface area contributed by atoms with Crippen LogP contribution in [0.1, 0.15) is 5.56 Å². The van der Waals surface area contributed by atoms with Crippen LogP contribution in [-0.2, 0) is 16.1 Å². The van der Waals surface area contributed by atoms with Gasteiger partial charge in [0.05, 0.1) is 13.2 Å². The molecule has 1 aromatic carbocycles. The molecule has 148 valence electrons. The lowest BCUT2D eigenvalue weighted by atomic mass is 10.1. The van der Waals surface area contributed by atoms with Gasteiger partial charge >= 0.3 is 6.03 Å². The number of likely N-dealkylation sites (N-methyl/N-ethyl adjacent to an activating group) is 1. The molecule has 1 saturated heterocycles. The van der Waals surface area contributed by atoms with Crippen LogP contribution in [0.2, 0.25) is 0 Å². The van der Waals surface area contributed by atoms with Crippen LogP contribution in [0, 0.1) is 5.82 Å². The normalized spacial score (nSPS) is 33.8. The van der Waals surface area contributed by atoms with Gasteiger partial charge in [-0.2, -0.15) is 0 Å². The highest BCUT2D eigenvalue weighted by atomic mass is 19.1. The van der Waals surface area contributed by atoms with Crippen molar-refractivity contribution < 1.29 is 34.0 Å². The summed E-state index contributed by atoms with van der Waals surface area (Å²) in [6.07, 6.45) is -2.24. The maximum atomic E-state index is 13.1. The van der Waals surface area contributed by atoms with Gasteiger partial charge in [0.2, 0.25) is 0 Å². The number of aliphatic hydroxyl groups excluding tert-OH is 3. The van der Waals surface area contributed by atoms with Crippen LogP contribution >= 0.6 is 0 Å².